The molecule has 20 heavy (non-hydrogen) atoms. The Bertz CT molecular complexity index is 383. The lowest BCUT2D eigenvalue weighted by Gasteiger charge is -2.28. The first kappa shape index (κ1) is 15.5. The van der Waals surface area contributed by atoms with Crippen molar-refractivity contribution in [2.24, 2.45) is 0 Å². The number of nitrogens with one attached hydrogen (secondary N) is 1. The normalized spacial score (nSPS) is 18.6. The molecule has 114 valence electrons. The summed E-state index contributed by atoms with van der Waals surface area (Å²) in [5.74, 6) is 0. The molecule has 1 saturated heterocycles. The van der Waals surface area contributed by atoms with Crippen LogP contribution in [0.15, 0.2) is 12.3 Å². The highest BCUT2D eigenvalue weighted by Crippen LogP contribution is 2.10. The number of rotatable bonds is 7. The van der Waals surface area contributed by atoms with Crippen molar-refractivity contribution >= 4 is 0 Å². The Kier molecular flexibility index (Phi) is 6.01. The summed E-state index contributed by atoms with van der Waals surface area (Å²) >= 11 is 0. The summed E-state index contributed by atoms with van der Waals surface area (Å²) in [5, 5.41) is 8.06. The van der Waals surface area contributed by atoms with Crippen molar-refractivity contribution in [2.45, 2.75) is 32.9 Å². The Morgan fingerprint density at radius 1 is 1.40 bits per heavy atom. The topological polar surface area (TPSA) is 36.3 Å². The van der Waals surface area contributed by atoms with Crippen LogP contribution in [0.5, 0.6) is 0 Å². The van der Waals surface area contributed by atoms with Gasteiger partial charge in [0, 0.05) is 58.1 Å². The standard InChI is InChI=1S/C15H29N5/c1-4-14(2)20-8-5-15(17-20)13-18(3)11-12-19-9-6-16-7-10-19/h5,8,14,16H,4,6-7,9-13H2,1-3H3. The van der Waals surface area contributed by atoms with Gasteiger partial charge in [-0.1, -0.05) is 6.92 Å². The smallest absolute Gasteiger partial charge is 0.0764 e. The summed E-state index contributed by atoms with van der Waals surface area (Å²) in [5.41, 5.74) is 1.17. The summed E-state index contributed by atoms with van der Waals surface area (Å²) in [4.78, 5) is 4.90. The fourth-order valence-electron chi connectivity index (χ4n) is 2.50. The molecule has 0 bridgehead atoms. The highest BCUT2D eigenvalue weighted by Gasteiger charge is 2.11. The van der Waals surface area contributed by atoms with Gasteiger partial charge in [0.2, 0.25) is 0 Å². The minimum absolute atomic E-state index is 0.495. The van der Waals surface area contributed by atoms with E-state index in [2.05, 4.69) is 58.1 Å². The van der Waals surface area contributed by atoms with E-state index in [1.165, 1.54) is 18.8 Å². The molecule has 1 aromatic rings. The zero-order valence-electron chi connectivity index (χ0n) is 13.2. The first-order valence-corrected chi connectivity index (χ1v) is 7.84. The Morgan fingerprint density at radius 3 is 2.85 bits per heavy atom. The van der Waals surface area contributed by atoms with Gasteiger partial charge in [-0.25, -0.2) is 0 Å². The Hall–Kier alpha value is -0.910. The van der Waals surface area contributed by atoms with Gasteiger partial charge in [-0.3, -0.25) is 14.5 Å². The molecule has 0 saturated carbocycles. The number of hydrogen-bond acceptors (Lipinski definition) is 4. The molecule has 2 heterocycles. The molecular weight excluding hydrogens is 250 g/mol. The second-order valence-corrected chi connectivity index (χ2v) is 5.87. The number of nitrogens with zero attached hydrogens (tertiary/aromatic N) is 4. The van der Waals surface area contributed by atoms with E-state index in [1.807, 2.05) is 0 Å². The molecule has 1 fully saturated rings. The average Bonchev–Trinajstić information content (AvgIpc) is 2.94. The van der Waals surface area contributed by atoms with E-state index >= 15 is 0 Å². The molecule has 1 aromatic heterocycles. The number of aromatic nitrogens is 2. The molecule has 5 heteroatoms. The van der Waals surface area contributed by atoms with Crippen molar-refractivity contribution < 1.29 is 0 Å². The summed E-state index contributed by atoms with van der Waals surface area (Å²) < 4.78 is 2.08. The zero-order valence-corrected chi connectivity index (χ0v) is 13.2. The second kappa shape index (κ2) is 7.76. The van der Waals surface area contributed by atoms with Crippen LogP contribution >= 0.6 is 0 Å². The monoisotopic (exact) mass is 279 g/mol. The largest absolute Gasteiger partial charge is 0.314 e. The highest BCUT2D eigenvalue weighted by molar-refractivity contribution is 4.99. The summed E-state index contributed by atoms with van der Waals surface area (Å²) in [7, 11) is 2.18. The van der Waals surface area contributed by atoms with Gasteiger partial charge in [-0.05, 0) is 26.5 Å². The van der Waals surface area contributed by atoms with E-state index in [-0.39, 0.29) is 0 Å². The minimum Gasteiger partial charge on any atom is -0.314 e. The van der Waals surface area contributed by atoms with E-state index in [0.29, 0.717) is 6.04 Å². The van der Waals surface area contributed by atoms with Crippen molar-refractivity contribution in [2.75, 3.05) is 46.3 Å². The maximum absolute atomic E-state index is 4.67. The Balaban J connectivity index is 1.73. The van der Waals surface area contributed by atoms with Crippen LogP contribution in [0.2, 0.25) is 0 Å². The van der Waals surface area contributed by atoms with Crippen molar-refractivity contribution in [1.29, 1.82) is 0 Å². The molecule has 1 aliphatic rings. The van der Waals surface area contributed by atoms with Crippen LogP contribution in [-0.4, -0.2) is 65.9 Å². The molecule has 0 aromatic carbocycles. The van der Waals surface area contributed by atoms with Gasteiger partial charge in [0.1, 0.15) is 0 Å². The van der Waals surface area contributed by atoms with E-state index in [1.54, 1.807) is 0 Å². The molecule has 5 nitrogen and oxygen atoms in total. The second-order valence-electron chi connectivity index (χ2n) is 5.87. The highest BCUT2D eigenvalue weighted by atomic mass is 15.3. The van der Waals surface area contributed by atoms with Gasteiger partial charge in [0.15, 0.2) is 0 Å². The van der Waals surface area contributed by atoms with Crippen molar-refractivity contribution in [1.82, 2.24) is 24.9 Å². The molecule has 2 rings (SSSR count). The zero-order chi connectivity index (χ0) is 14.4. The number of hydrogen-bond donors (Lipinski definition) is 1. The predicted molar refractivity (Wildman–Crippen MR) is 82.9 cm³/mol. The molecular formula is C15H29N5. The van der Waals surface area contributed by atoms with Gasteiger partial charge in [0.25, 0.3) is 0 Å². The van der Waals surface area contributed by atoms with Crippen LogP contribution in [0.1, 0.15) is 32.0 Å². The molecule has 0 spiro atoms. The Morgan fingerprint density at radius 2 is 2.15 bits per heavy atom. The fourth-order valence-corrected chi connectivity index (χ4v) is 2.50. The molecule has 0 aliphatic carbocycles. The van der Waals surface area contributed by atoms with Crippen LogP contribution in [0.25, 0.3) is 0 Å². The summed E-state index contributed by atoms with van der Waals surface area (Å²) in [6.07, 6.45) is 3.23. The van der Waals surface area contributed by atoms with E-state index in [4.69, 9.17) is 0 Å². The van der Waals surface area contributed by atoms with Crippen molar-refractivity contribution in [3.8, 4) is 0 Å². The Labute approximate surface area is 122 Å². The van der Waals surface area contributed by atoms with Gasteiger partial charge in [-0.2, -0.15) is 5.10 Å². The van der Waals surface area contributed by atoms with E-state index in [0.717, 1.165) is 39.1 Å². The average molecular weight is 279 g/mol. The van der Waals surface area contributed by atoms with Gasteiger partial charge in [0.05, 0.1) is 5.69 Å². The number of likely N-dealkylation sites (N-methyl/N-ethyl adjacent to an activating group) is 1. The van der Waals surface area contributed by atoms with E-state index in [9.17, 15) is 0 Å². The van der Waals surface area contributed by atoms with Crippen LogP contribution < -0.4 is 5.32 Å². The van der Waals surface area contributed by atoms with E-state index < -0.39 is 0 Å². The maximum Gasteiger partial charge on any atom is 0.0764 e. The molecule has 0 radical (unpaired) electrons. The lowest BCUT2D eigenvalue weighted by molar-refractivity contribution is 0.201. The molecule has 0 amide bonds. The lowest BCUT2D eigenvalue weighted by Crippen LogP contribution is -2.45. The van der Waals surface area contributed by atoms with Crippen LogP contribution in [0, 0.1) is 0 Å². The van der Waals surface area contributed by atoms with Crippen molar-refractivity contribution in [3.63, 3.8) is 0 Å². The minimum atomic E-state index is 0.495. The molecule has 1 unspecified atom stereocenters. The molecule has 1 atom stereocenters. The lowest BCUT2D eigenvalue weighted by atomic mass is 10.3. The van der Waals surface area contributed by atoms with Crippen LogP contribution in [-0.2, 0) is 6.54 Å². The van der Waals surface area contributed by atoms with Crippen LogP contribution in [0.4, 0.5) is 0 Å². The van der Waals surface area contributed by atoms with Gasteiger partial charge >= 0.3 is 0 Å². The third-order valence-corrected chi connectivity index (χ3v) is 4.15. The SMILES string of the molecule is CCC(C)n1ccc(CN(C)CCN2CCNCC2)n1. The van der Waals surface area contributed by atoms with Crippen molar-refractivity contribution in [3.05, 3.63) is 18.0 Å². The van der Waals surface area contributed by atoms with Gasteiger partial charge < -0.3 is 5.32 Å². The maximum atomic E-state index is 4.67. The molecule has 1 N–H and O–H groups in total. The number of piperazine rings is 1. The quantitative estimate of drug-likeness (QED) is 0.813. The third kappa shape index (κ3) is 4.58. The predicted octanol–water partition coefficient (Wildman–Crippen LogP) is 1.19. The fraction of sp³-hybridized carbons (Fsp3) is 0.800. The van der Waals surface area contributed by atoms with Crippen LogP contribution in [0.3, 0.4) is 0 Å². The third-order valence-electron chi connectivity index (χ3n) is 4.15. The summed E-state index contributed by atoms with van der Waals surface area (Å²) in [6, 6.07) is 2.64. The first-order chi connectivity index (χ1) is 9.69. The first-order valence-electron chi connectivity index (χ1n) is 7.84. The molecule has 1 aliphatic heterocycles. The van der Waals surface area contributed by atoms with Gasteiger partial charge in [-0.15, -0.1) is 0 Å². The summed E-state index contributed by atoms with van der Waals surface area (Å²) in [6.45, 7) is 12.2.